The quantitative estimate of drug-likeness (QED) is 0.436. The molecule has 170 valence electrons. The largest absolute Gasteiger partial charge is 0.495 e. The minimum atomic E-state index is -0.989. The Morgan fingerprint density at radius 1 is 1.15 bits per heavy atom. The predicted octanol–water partition coefficient (Wildman–Crippen LogP) is 2.99. The molecule has 2 amide bonds. The zero-order valence-electron chi connectivity index (χ0n) is 18.1. The summed E-state index contributed by atoms with van der Waals surface area (Å²) in [5, 5.41) is 8.31. The summed E-state index contributed by atoms with van der Waals surface area (Å²) in [6, 6.07) is 13.9. The number of methoxy groups -OCH3 is 1. The van der Waals surface area contributed by atoms with Crippen molar-refractivity contribution in [1.82, 2.24) is 9.97 Å². The maximum Gasteiger partial charge on any atom is 0.258 e. The van der Waals surface area contributed by atoms with Crippen LogP contribution in [0, 0.1) is 0 Å². The van der Waals surface area contributed by atoms with Gasteiger partial charge in [-0.1, -0.05) is 12.1 Å². The maximum absolute atomic E-state index is 13.0. The van der Waals surface area contributed by atoms with Gasteiger partial charge in [0.05, 0.1) is 30.9 Å². The van der Waals surface area contributed by atoms with Crippen LogP contribution in [0.1, 0.15) is 24.8 Å². The van der Waals surface area contributed by atoms with Gasteiger partial charge in [-0.25, -0.2) is 0 Å². The summed E-state index contributed by atoms with van der Waals surface area (Å²) in [7, 11) is 1.53. The van der Waals surface area contributed by atoms with Gasteiger partial charge in [-0.2, -0.15) is 4.98 Å². The number of carbonyl (C=O) groups is 2. The summed E-state index contributed by atoms with van der Waals surface area (Å²) in [6.45, 7) is 2.41. The predicted molar refractivity (Wildman–Crippen MR) is 123 cm³/mol. The van der Waals surface area contributed by atoms with E-state index in [0.717, 1.165) is 0 Å². The topological polar surface area (TPSA) is 134 Å². The highest BCUT2D eigenvalue weighted by molar-refractivity contribution is 6.04. The first-order chi connectivity index (χ1) is 16.0. The average molecular weight is 449 g/mol. The number of benzene rings is 2. The van der Waals surface area contributed by atoms with Crippen molar-refractivity contribution in [1.29, 1.82) is 0 Å². The van der Waals surface area contributed by atoms with E-state index in [9.17, 15) is 14.4 Å². The number of rotatable bonds is 7. The van der Waals surface area contributed by atoms with Gasteiger partial charge in [0.1, 0.15) is 17.3 Å². The van der Waals surface area contributed by atoms with Crippen molar-refractivity contribution in [2.75, 3.05) is 29.7 Å². The normalized spacial score (nSPS) is 14.6. The fraction of sp³-hybridized carbons (Fsp3) is 0.217. The van der Waals surface area contributed by atoms with Crippen molar-refractivity contribution >= 4 is 35.0 Å². The van der Waals surface area contributed by atoms with Crippen LogP contribution in [0.15, 0.2) is 53.3 Å². The highest BCUT2D eigenvalue weighted by atomic mass is 16.5. The Labute approximate surface area is 189 Å². The number of H-pyrrole nitrogens is 1. The zero-order chi connectivity index (χ0) is 23.4. The highest BCUT2D eigenvalue weighted by Gasteiger charge is 2.34. The van der Waals surface area contributed by atoms with Gasteiger partial charge in [0.15, 0.2) is 0 Å². The van der Waals surface area contributed by atoms with E-state index in [4.69, 9.17) is 9.47 Å². The molecule has 3 aromatic rings. The smallest absolute Gasteiger partial charge is 0.258 e. The van der Waals surface area contributed by atoms with Crippen molar-refractivity contribution in [3.63, 3.8) is 0 Å². The van der Waals surface area contributed by atoms with Gasteiger partial charge >= 0.3 is 0 Å². The molecule has 10 nitrogen and oxygen atoms in total. The van der Waals surface area contributed by atoms with Crippen LogP contribution in [0.4, 0.5) is 23.1 Å². The van der Waals surface area contributed by atoms with Crippen LogP contribution in [-0.2, 0) is 9.59 Å². The van der Waals surface area contributed by atoms with E-state index >= 15 is 0 Å². The molecule has 2 heterocycles. The molecule has 0 saturated carbocycles. The Balaban J connectivity index is 1.59. The summed E-state index contributed by atoms with van der Waals surface area (Å²) >= 11 is 0. The minimum absolute atomic E-state index is 0.0410. The second kappa shape index (κ2) is 9.43. The van der Waals surface area contributed by atoms with E-state index in [1.807, 2.05) is 6.92 Å². The molecule has 1 aromatic heterocycles. The van der Waals surface area contributed by atoms with E-state index < -0.39 is 23.3 Å². The third-order valence-electron chi connectivity index (χ3n) is 5.06. The third-order valence-corrected chi connectivity index (χ3v) is 5.06. The molecule has 0 fully saturated rings. The molecule has 1 aliphatic heterocycles. The molecule has 1 atom stereocenters. The molecule has 0 saturated heterocycles. The van der Waals surface area contributed by atoms with Crippen LogP contribution in [0.2, 0.25) is 0 Å². The molecule has 1 unspecified atom stereocenters. The molecule has 0 spiro atoms. The monoisotopic (exact) mass is 449 g/mol. The number of amides is 2. The van der Waals surface area contributed by atoms with E-state index in [0.29, 0.717) is 29.5 Å². The van der Waals surface area contributed by atoms with Gasteiger partial charge in [-0.15, -0.1) is 0 Å². The van der Waals surface area contributed by atoms with Crippen molar-refractivity contribution in [2.24, 2.45) is 0 Å². The fourth-order valence-corrected chi connectivity index (χ4v) is 3.56. The lowest BCUT2D eigenvalue weighted by molar-refractivity contribution is -0.123. The summed E-state index contributed by atoms with van der Waals surface area (Å²) < 4.78 is 10.7. The molecule has 4 rings (SSSR count). The second-order valence-corrected chi connectivity index (χ2v) is 7.25. The number of ether oxygens (including phenoxy) is 2. The first-order valence-electron chi connectivity index (χ1n) is 10.4. The van der Waals surface area contributed by atoms with Gasteiger partial charge in [-0.3, -0.25) is 19.4 Å². The van der Waals surface area contributed by atoms with Gasteiger partial charge in [0.2, 0.25) is 17.8 Å². The number of nitrogens with one attached hydrogen (secondary N) is 4. The lowest BCUT2D eigenvalue weighted by Crippen LogP contribution is -2.36. The SMILES string of the molecule is CCOc1ccc(NC(=O)C2CC(=O)Nc3nc(Nc4ccccc4OC)[nH]c(=O)c32)cc1. The van der Waals surface area contributed by atoms with Gasteiger partial charge in [-0.05, 0) is 43.3 Å². The first-order valence-corrected chi connectivity index (χ1v) is 10.4. The van der Waals surface area contributed by atoms with Crippen molar-refractivity contribution in [2.45, 2.75) is 19.3 Å². The number of para-hydroxylation sites is 2. The number of anilines is 4. The molecule has 2 aromatic carbocycles. The van der Waals surface area contributed by atoms with Crippen LogP contribution in [0.3, 0.4) is 0 Å². The van der Waals surface area contributed by atoms with Crippen LogP contribution >= 0.6 is 0 Å². The second-order valence-electron chi connectivity index (χ2n) is 7.25. The van der Waals surface area contributed by atoms with Gasteiger partial charge in [0.25, 0.3) is 5.56 Å². The summed E-state index contributed by atoms with van der Waals surface area (Å²) in [6.07, 6.45) is -0.167. The lowest BCUT2D eigenvalue weighted by atomic mass is 9.92. The van der Waals surface area contributed by atoms with Gasteiger partial charge < -0.3 is 25.4 Å². The summed E-state index contributed by atoms with van der Waals surface area (Å²) in [4.78, 5) is 45.1. The number of nitrogens with zero attached hydrogens (tertiary/aromatic N) is 1. The number of hydrogen-bond acceptors (Lipinski definition) is 7. The van der Waals surface area contributed by atoms with Crippen LogP contribution in [0.25, 0.3) is 0 Å². The van der Waals surface area contributed by atoms with Crippen LogP contribution in [0.5, 0.6) is 11.5 Å². The Morgan fingerprint density at radius 3 is 2.64 bits per heavy atom. The van der Waals surface area contributed by atoms with Crippen molar-refractivity contribution in [3.8, 4) is 11.5 Å². The number of fused-ring (bicyclic) bond motifs is 1. The third kappa shape index (κ3) is 4.79. The van der Waals surface area contributed by atoms with E-state index in [2.05, 4.69) is 25.9 Å². The van der Waals surface area contributed by atoms with Crippen LogP contribution in [-0.4, -0.2) is 35.5 Å². The molecular formula is C23H23N5O5. The zero-order valence-corrected chi connectivity index (χ0v) is 18.1. The fourth-order valence-electron chi connectivity index (χ4n) is 3.56. The minimum Gasteiger partial charge on any atom is -0.495 e. The Hall–Kier alpha value is -4.34. The molecule has 10 heteroatoms. The number of aromatic amines is 1. The van der Waals surface area contributed by atoms with Crippen molar-refractivity contribution < 1.29 is 19.1 Å². The summed E-state index contributed by atoms with van der Waals surface area (Å²) in [5.74, 6) is -0.501. The molecule has 0 aliphatic carbocycles. The van der Waals surface area contributed by atoms with E-state index in [1.54, 1.807) is 48.5 Å². The van der Waals surface area contributed by atoms with E-state index in [-0.39, 0.29) is 23.8 Å². The summed E-state index contributed by atoms with van der Waals surface area (Å²) in [5.41, 5.74) is 0.678. The van der Waals surface area contributed by atoms with Gasteiger partial charge in [0, 0.05) is 12.1 Å². The molecule has 1 aliphatic rings. The Bertz CT molecular complexity index is 1240. The highest BCUT2D eigenvalue weighted by Crippen LogP contribution is 2.31. The van der Waals surface area contributed by atoms with Crippen molar-refractivity contribution in [3.05, 3.63) is 64.4 Å². The molecule has 0 radical (unpaired) electrons. The number of carbonyl (C=O) groups excluding carboxylic acids is 2. The Morgan fingerprint density at radius 2 is 1.91 bits per heavy atom. The number of aromatic nitrogens is 2. The Kier molecular flexibility index (Phi) is 6.25. The molecule has 0 bridgehead atoms. The number of hydrogen-bond donors (Lipinski definition) is 4. The first kappa shape index (κ1) is 21.9. The van der Waals surface area contributed by atoms with E-state index in [1.165, 1.54) is 7.11 Å². The lowest BCUT2D eigenvalue weighted by Gasteiger charge is -2.23. The van der Waals surface area contributed by atoms with Crippen LogP contribution < -0.4 is 31.0 Å². The average Bonchev–Trinajstić information content (AvgIpc) is 2.80. The molecule has 33 heavy (non-hydrogen) atoms. The standard InChI is InChI=1S/C23H23N5O5/c1-3-33-14-10-8-13(9-11-14)24-21(30)15-12-18(29)26-20-19(15)22(31)28-23(27-20)25-16-6-4-5-7-17(16)32-2/h4-11,15H,3,12H2,1-2H3,(H,24,30)(H3,25,26,27,28,29,31). The maximum atomic E-state index is 13.0. The molecular weight excluding hydrogens is 426 g/mol. The molecule has 4 N–H and O–H groups in total.